The fourth-order valence-electron chi connectivity index (χ4n) is 1.74. The fourth-order valence-corrected chi connectivity index (χ4v) is 1.74. The molecule has 10 nitrogen and oxygen atoms in total. The van der Waals surface area contributed by atoms with E-state index in [4.69, 9.17) is 20.3 Å². The molecule has 0 saturated carbocycles. The van der Waals surface area contributed by atoms with Gasteiger partial charge in [0.15, 0.2) is 13.2 Å². The van der Waals surface area contributed by atoms with Gasteiger partial charge >= 0.3 is 23.9 Å². The summed E-state index contributed by atoms with van der Waals surface area (Å²) in [5.74, 6) is -5.00. The van der Waals surface area contributed by atoms with Gasteiger partial charge in [0.2, 0.25) is 11.8 Å². The van der Waals surface area contributed by atoms with E-state index in [0.717, 1.165) is 0 Å². The molecule has 0 aromatic heterocycles. The van der Waals surface area contributed by atoms with Crippen LogP contribution >= 0.6 is 0 Å². The molecule has 0 saturated heterocycles. The van der Waals surface area contributed by atoms with Crippen molar-refractivity contribution in [3.63, 3.8) is 0 Å². The molecular formula is C20H20N2O8. The zero-order valence-corrected chi connectivity index (χ0v) is 16.4. The van der Waals surface area contributed by atoms with Gasteiger partial charge in [-0.2, -0.15) is 0 Å². The van der Waals surface area contributed by atoms with E-state index in [1.165, 1.54) is 38.1 Å². The molecule has 0 fully saturated rings. The fraction of sp³-hybridized carbons (Fsp3) is 0.200. The number of carbonyl (C=O) groups is 4. The first kappa shape index (κ1) is 24.0. The summed E-state index contributed by atoms with van der Waals surface area (Å²) in [4.78, 5) is 47.2. The van der Waals surface area contributed by atoms with Gasteiger partial charge in [-0.15, -0.1) is 0 Å². The van der Waals surface area contributed by atoms with Crippen molar-refractivity contribution in [2.75, 3.05) is 13.2 Å². The second-order valence-corrected chi connectivity index (χ2v) is 5.88. The van der Waals surface area contributed by atoms with Crippen molar-refractivity contribution in [2.24, 2.45) is 0 Å². The smallest absolute Gasteiger partial charge is 0.345 e. The number of benzene rings is 1. The van der Waals surface area contributed by atoms with Gasteiger partial charge < -0.3 is 18.9 Å². The maximum atomic E-state index is 12.3. The summed E-state index contributed by atoms with van der Waals surface area (Å²) < 4.78 is 18.9. The van der Waals surface area contributed by atoms with Crippen LogP contribution in [-0.4, -0.2) is 48.9 Å². The third-order valence-corrected chi connectivity index (χ3v) is 3.16. The molecule has 0 atom stereocenters. The first-order chi connectivity index (χ1) is 14.0. The van der Waals surface area contributed by atoms with Crippen LogP contribution in [0.25, 0.3) is 0 Å². The zero-order valence-electron chi connectivity index (χ0n) is 16.4. The molecule has 10 heteroatoms. The lowest BCUT2D eigenvalue weighted by molar-refractivity contribution is -0.138. The molecule has 0 heterocycles. The van der Waals surface area contributed by atoms with Gasteiger partial charge in [0.25, 0.3) is 0 Å². The van der Waals surface area contributed by atoms with Crippen molar-refractivity contribution in [2.45, 2.75) is 13.8 Å². The molecule has 0 amide bonds. The SMILES string of the molecule is C=C(C)C(=O)OCC(=N)OC(=O)c1ccccc1C(=O)OC(=N)COC(=O)C(=C)C. The highest BCUT2D eigenvalue weighted by atomic mass is 16.6. The third-order valence-electron chi connectivity index (χ3n) is 3.16. The molecular weight excluding hydrogens is 396 g/mol. The minimum Gasteiger partial charge on any atom is -0.452 e. The number of hydrogen-bond acceptors (Lipinski definition) is 10. The van der Waals surface area contributed by atoms with Crippen molar-refractivity contribution in [3.05, 3.63) is 59.7 Å². The van der Waals surface area contributed by atoms with E-state index in [2.05, 4.69) is 22.6 Å². The molecule has 0 spiro atoms. The minimum atomic E-state index is -1.07. The molecule has 2 N–H and O–H groups in total. The van der Waals surface area contributed by atoms with Crippen molar-refractivity contribution in [1.82, 2.24) is 0 Å². The van der Waals surface area contributed by atoms with Crippen molar-refractivity contribution in [1.29, 1.82) is 10.8 Å². The molecule has 1 aromatic rings. The Morgan fingerprint density at radius 3 is 1.40 bits per heavy atom. The van der Waals surface area contributed by atoms with Gasteiger partial charge in [-0.3, -0.25) is 10.8 Å². The molecule has 0 bridgehead atoms. The summed E-state index contributed by atoms with van der Waals surface area (Å²) in [7, 11) is 0. The summed E-state index contributed by atoms with van der Waals surface area (Å²) in [6.45, 7) is 8.36. The maximum Gasteiger partial charge on any atom is 0.345 e. The van der Waals surface area contributed by atoms with Gasteiger partial charge in [0, 0.05) is 11.1 Å². The average molecular weight is 416 g/mol. The molecule has 0 aliphatic carbocycles. The second kappa shape index (κ2) is 11.1. The Labute approximate surface area is 172 Å². The highest BCUT2D eigenvalue weighted by Gasteiger charge is 2.22. The molecule has 0 aliphatic rings. The Morgan fingerprint density at radius 1 is 0.767 bits per heavy atom. The van der Waals surface area contributed by atoms with Crippen LogP contribution in [0.15, 0.2) is 48.6 Å². The van der Waals surface area contributed by atoms with Crippen molar-refractivity contribution >= 4 is 35.7 Å². The van der Waals surface area contributed by atoms with Gasteiger partial charge in [-0.1, -0.05) is 25.3 Å². The Morgan fingerprint density at radius 2 is 1.10 bits per heavy atom. The van der Waals surface area contributed by atoms with Crippen molar-refractivity contribution in [3.8, 4) is 0 Å². The van der Waals surface area contributed by atoms with E-state index in [0.29, 0.717) is 0 Å². The number of hydrogen-bond donors (Lipinski definition) is 2. The first-order valence-corrected chi connectivity index (χ1v) is 8.36. The second-order valence-electron chi connectivity index (χ2n) is 5.88. The largest absolute Gasteiger partial charge is 0.452 e. The third kappa shape index (κ3) is 7.50. The van der Waals surface area contributed by atoms with Crippen LogP contribution in [0.2, 0.25) is 0 Å². The van der Waals surface area contributed by atoms with Crippen molar-refractivity contribution < 1.29 is 38.1 Å². The maximum absolute atomic E-state index is 12.3. The average Bonchev–Trinajstić information content (AvgIpc) is 2.69. The van der Waals surface area contributed by atoms with Crippen LogP contribution in [0.1, 0.15) is 34.6 Å². The van der Waals surface area contributed by atoms with E-state index >= 15 is 0 Å². The van der Waals surface area contributed by atoms with Gasteiger partial charge in [0.05, 0.1) is 11.1 Å². The Bertz CT molecular complexity index is 857. The molecule has 1 rings (SSSR count). The predicted molar refractivity (Wildman–Crippen MR) is 104 cm³/mol. The van der Waals surface area contributed by atoms with Gasteiger partial charge in [0.1, 0.15) is 0 Å². The number of carbonyl (C=O) groups excluding carboxylic acids is 4. The van der Waals surface area contributed by atoms with Crippen LogP contribution in [-0.2, 0) is 28.5 Å². The quantitative estimate of drug-likeness (QED) is 0.215. The first-order valence-electron chi connectivity index (χ1n) is 8.36. The molecule has 0 aliphatic heterocycles. The zero-order chi connectivity index (χ0) is 22.8. The monoisotopic (exact) mass is 416 g/mol. The number of ether oxygens (including phenoxy) is 4. The van der Waals surface area contributed by atoms with E-state index in [1.807, 2.05) is 0 Å². The van der Waals surface area contributed by atoms with Gasteiger partial charge in [-0.05, 0) is 26.0 Å². The summed E-state index contributed by atoms with van der Waals surface area (Å²) in [5.41, 5.74) is -0.271. The number of rotatable bonds is 8. The van der Waals surface area contributed by atoms with Crippen LogP contribution in [0.5, 0.6) is 0 Å². The lowest BCUT2D eigenvalue weighted by Gasteiger charge is -2.11. The Hall–Kier alpha value is -4.08. The van der Waals surface area contributed by atoms with Crippen LogP contribution < -0.4 is 0 Å². The summed E-state index contributed by atoms with van der Waals surface area (Å²) in [6.07, 6.45) is 0. The van der Waals surface area contributed by atoms with E-state index in [9.17, 15) is 19.2 Å². The van der Waals surface area contributed by atoms with Crippen LogP contribution in [0.3, 0.4) is 0 Å². The summed E-state index contributed by atoms with van der Waals surface area (Å²) in [5, 5.41) is 15.1. The van der Waals surface area contributed by atoms with E-state index in [1.54, 1.807) is 0 Å². The van der Waals surface area contributed by atoms with E-state index < -0.39 is 48.9 Å². The topological polar surface area (TPSA) is 153 Å². The number of esters is 4. The summed E-state index contributed by atoms with van der Waals surface area (Å²) in [6, 6.07) is 5.38. The lowest BCUT2D eigenvalue weighted by Crippen LogP contribution is -2.23. The molecule has 1 aromatic carbocycles. The Balaban J connectivity index is 2.76. The predicted octanol–water partition coefficient (Wildman–Crippen LogP) is 2.19. The standard InChI is InChI=1S/C20H20N2O8/c1-11(2)17(23)27-9-15(21)29-19(25)13-7-5-6-8-14(13)20(26)30-16(22)10-28-18(24)12(3)4/h5-8,21-22H,1,3,9-10H2,2,4H3. The van der Waals surface area contributed by atoms with Crippen LogP contribution in [0.4, 0.5) is 0 Å². The highest BCUT2D eigenvalue weighted by Crippen LogP contribution is 2.13. The molecule has 0 unspecified atom stereocenters. The summed E-state index contributed by atoms with van der Waals surface area (Å²) >= 11 is 0. The molecule has 0 radical (unpaired) electrons. The Kier molecular flexibility index (Phi) is 8.83. The van der Waals surface area contributed by atoms with Gasteiger partial charge in [-0.25, -0.2) is 19.2 Å². The normalized spacial score (nSPS) is 9.67. The lowest BCUT2D eigenvalue weighted by atomic mass is 10.1. The number of nitrogens with one attached hydrogen (secondary N) is 2. The van der Waals surface area contributed by atoms with Crippen LogP contribution in [0, 0.1) is 10.8 Å². The molecule has 158 valence electrons. The van der Waals surface area contributed by atoms with E-state index in [-0.39, 0.29) is 22.3 Å². The highest BCUT2D eigenvalue weighted by molar-refractivity contribution is 6.08. The molecule has 30 heavy (non-hydrogen) atoms. The minimum absolute atomic E-state index is 0.110.